The molecule has 0 saturated heterocycles. The lowest BCUT2D eigenvalue weighted by Gasteiger charge is -2.05. The molecule has 2 amide bonds. The van der Waals surface area contributed by atoms with Gasteiger partial charge < -0.3 is 5.32 Å². The number of carbonyl (C=O) groups excluding carboxylic acids is 2. The van der Waals surface area contributed by atoms with Gasteiger partial charge in [-0.1, -0.05) is 30.3 Å². The third-order valence-electron chi connectivity index (χ3n) is 2.38. The first kappa shape index (κ1) is 13.2. The van der Waals surface area contributed by atoms with Gasteiger partial charge in [0, 0.05) is 18.8 Å². The van der Waals surface area contributed by atoms with Gasteiger partial charge in [-0.05, 0) is 5.56 Å². The predicted octanol–water partition coefficient (Wildman–Crippen LogP) is 2.67. The minimum absolute atomic E-state index is 0.117. The number of amides is 2. The Balaban J connectivity index is 1.85. The number of ketones is 1. The summed E-state index contributed by atoms with van der Waals surface area (Å²) in [6.07, 6.45) is 0. The highest BCUT2D eigenvalue weighted by molar-refractivity contribution is 7.14. The summed E-state index contributed by atoms with van der Waals surface area (Å²) in [4.78, 5) is 26.7. The van der Waals surface area contributed by atoms with E-state index in [2.05, 4.69) is 15.6 Å². The van der Waals surface area contributed by atoms with E-state index in [-0.39, 0.29) is 11.8 Å². The van der Waals surface area contributed by atoms with Crippen molar-refractivity contribution in [3.63, 3.8) is 0 Å². The molecule has 0 aliphatic rings. The van der Waals surface area contributed by atoms with Crippen LogP contribution in [0.4, 0.5) is 9.93 Å². The van der Waals surface area contributed by atoms with Crippen molar-refractivity contribution in [3.05, 3.63) is 47.0 Å². The normalized spacial score (nSPS) is 9.95. The van der Waals surface area contributed by atoms with E-state index in [1.165, 1.54) is 18.3 Å². The average Bonchev–Trinajstić information content (AvgIpc) is 2.86. The number of thiazole rings is 1. The quantitative estimate of drug-likeness (QED) is 0.843. The molecule has 1 aromatic heterocycles. The number of benzene rings is 1. The largest absolute Gasteiger partial charge is 0.334 e. The molecule has 0 bridgehead atoms. The highest BCUT2D eigenvalue weighted by Crippen LogP contribution is 2.15. The first-order valence-electron chi connectivity index (χ1n) is 5.70. The minimum Gasteiger partial charge on any atom is -0.334 e. The van der Waals surface area contributed by atoms with Crippen LogP contribution in [-0.2, 0) is 6.54 Å². The maximum atomic E-state index is 11.6. The Kier molecular flexibility index (Phi) is 4.25. The number of rotatable bonds is 4. The Morgan fingerprint density at radius 2 is 2.00 bits per heavy atom. The van der Waals surface area contributed by atoms with Gasteiger partial charge in [-0.3, -0.25) is 10.1 Å². The Morgan fingerprint density at radius 3 is 2.63 bits per heavy atom. The third kappa shape index (κ3) is 3.89. The molecule has 2 aromatic rings. The smallest absolute Gasteiger partial charge is 0.321 e. The van der Waals surface area contributed by atoms with Crippen molar-refractivity contribution in [1.29, 1.82) is 0 Å². The fourth-order valence-electron chi connectivity index (χ4n) is 1.41. The maximum absolute atomic E-state index is 11.6. The fraction of sp³-hybridized carbons (Fsp3) is 0.154. The van der Waals surface area contributed by atoms with E-state index in [0.29, 0.717) is 17.4 Å². The van der Waals surface area contributed by atoms with E-state index in [1.807, 2.05) is 30.3 Å². The molecule has 1 aromatic carbocycles. The molecule has 5 nitrogen and oxygen atoms in total. The monoisotopic (exact) mass is 275 g/mol. The molecule has 2 rings (SSSR count). The van der Waals surface area contributed by atoms with Crippen molar-refractivity contribution in [2.75, 3.05) is 5.32 Å². The van der Waals surface area contributed by atoms with Crippen molar-refractivity contribution < 1.29 is 9.59 Å². The van der Waals surface area contributed by atoms with Crippen molar-refractivity contribution in [2.24, 2.45) is 0 Å². The molecular weight excluding hydrogens is 262 g/mol. The van der Waals surface area contributed by atoms with Crippen molar-refractivity contribution in [2.45, 2.75) is 13.5 Å². The number of hydrogen-bond acceptors (Lipinski definition) is 4. The first-order chi connectivity index (χ1) is 9.15. The van der Waals surface area contributed by atoms with Crippen molar-refractivity contribution in [1.82, 2.24) is 10.3 Å². The Morgan fingerprint density at radius 1 is 1.26 bits per heavy atom. The van der Waals surface area contributed by atoms with Crippen LogP contribution < -0.4 is 10.6 Å². The molecule has 1 heterocycles. The fourth-order valence-corrected chi connectivity index (χ4v) is 2.16. The molecule has 98 valence electrons. The van der Waals surface area contributed by atoms with Crippen LogP contribution >= 0.6 is 11.3 Å². The van der Waals surface area contributed by atoms with Crippen LogP contribution in [0.2, 0.25) is 0 Å². The van der Waals surface area contributed by atoms with Crippen LogP contribution in [0.5, 0.6) is 0 Å². The van der Waals surface area contributed by atoms with Crippen LogP contribution in [0.1, 0.15) is 23.0 Å². The summed E-state index contributed by atoms with van der Waals surface area (Å²) < 4.78 is 0. The molecule has 0 aliphatic carbocycles. The predicted molar refractivity (Wildman–Crippen MR) is 74.4 cm³/mol. The van der Waals surface area contributed by atoms with Gasteiger partial charge in [0.25, 0.3) is 0 Å². The van der Waals surface area contributed by atoms with Crippen LogP contribution in [0.25, 0.3) is 0 Å². The summed E-state index contributed by atoms with van der Waals surface area (Å²) >= 11 is 1.22. The van der Waals surface area contributed by atoms with Gasteiger partial charge in [-0.25, -0.2) is 9.78 Å². The first-order valence-corrected chi connectivity index (χ1v) is 6.58. The number of anilines is 1. The number of carbonyl (C=O) groups is 2. The molecule has 0 unspecified atom stereocenters. The summed E-state index contributed by atoms with van der Waals surface area (Å²) in [6, 6.07) is 9.26. The summed E-state index contributed by atoms with van der Waals surface area (Å²) in [5.74, 6) is -0.117. The van der Waals surface area contributed by atoms with Crippen molar-refractivity contribution >= 4 is 28.3 Å². The molecule has 0 aliphatic heterocycles. The van der Waals surface area contributed by atoms with Gasteiger partial charge in [0.2, 0.25) is 0 Å². The molecule has 0 fully saturated rings. The Labute approximate surface area is 114 Å². The number of urea groups is 1. The Bertz CT molecular complexity index is 581. The zero-order valence-corrected chi connectivity index (χ0v) is 11.2. The minimum atomic E-state index is -0.340. The van der Waals surface area contributed by atoms with Gasteiger partial charge in [-0.2, -0.15) is 0 Å². The topological polar surface area (TPSA) is 71.1 Å². The molecule has 0 saturated carbocycles. The van der Waals surface area contributed by atoms with E-state index >= 15 is 0 Å². The average molecular weight is 275 g/mol. The van der Waals surface area contributed by atoms with Gasteiger partial charge >= 0.3 is 6.03 Å². The van der Waals surface area contributed by atoms with E-state index in [1.54, 1.807) is 5.38 Å². The van der Waals surface area contributed by atoms with Gasteiger partial charge in [0.1, 0.15) is 5.69 Å². The second kappa shape index (κ2) is 6.10. The molecule has 6 heteroatoms. The lowest BCUT2D eigenvalue weighted by Crippen LogP contribution is -2.28. The molecule has 19 heavy (non-hydrogen) atoms. The highest BCUT2D eigenvalue weighted by Gasteiger charge is 2.08. The number of aromatic nitrogens is 1. The molecule has 0 spiro atoms. The molecular formula is C13H13N3O2S. The SMILES string of the molecule is CC(=O)c1csc(NC(=O)NCc2ccccc2)n1. The van der Waals surface area contributed by atoms with Gasteiger partial charge in [0.15, 0.2) is 10.9 Å². The molecule has 0 radical (unpaired) electrons. The zero-order chi connectivity index (χ0) is 13.7. The number of Topliss-reactive ketones (excluding diaryl/α,β-unsaturated/α-hetero) is 1. The van der Waals surface area contributed by atoms with Crippen LogP contribution in [0.15, 0.2) is 35.7 Å². The van der Waals surface area contributed by atoms with E-state index in [4.69, 9.17) is 0 Å². The highest BCUT2D eigenvalue weighted by atomic mass is 32.1. The van der Waals surface area contributed by atoms with E-state index in [9.17, 15) is 9.59 Å². The van der Waals surface area contributed by atoms with Gasteiger partial charge in [-0.15, -0.1) is 11.3 Å². The summed E-state index contributed by atoms with van der Waals surface area (Å²) in [7, 11) is 0. The Hall–Kier alpha value is -2.21. The molecule has 2 N–H and O–H groups in total. The van der Waals surface area contributed by atoms with Gasteiger partial charge in [0.05, 0.1) is 0 Å². The summed E-state index contributed by atoms with van der Waals surface area (Å²) in [5.41, 5.74) is 1.38. The second-order valence-corrected chi connectivity index (χ2v) is 4.75. The van der Waals surface area contributed by atoms with E-state index < -0.39 is 0 Å². The second-order valence-electron chi connectivity index (χ2n) is 3.89. The lowest BCUT2D eigenvalue weighted by molar-refractivity contribution is 0.101. The maximum Gasteiger partial charge on any atom is 0.321 e. The molecule has 0 atom stereocenters. The number of nitrogens with one attached hydrogen (secondary N) is 2. The zero-order valence-electron chi connectivity index (χ0n) is 10.3. The third-order valence-corrected chi connectivity index (χ3v) is 3.14. The van der Waals surface area contributed by atoms with Crippen molar-refractivity contribution in [3.8, 4) is 0 Å². The standard InChI is InChI=1S/C13H13N3O2S/c1-9(17)11-8-19-13(15-11)16-12(18)14-7-10-5-3-2-4-6-10/h2-6,8H,7H2,1H3,(H2,14,15,16,18). The van der Waals surface area contributed by atoms with E-state index in [0.717, 1.165) is 5.56 Å². The number of hydrogen-bond donors (Lipinski definition) is 2. The van der Waals surface area contributed by atoms with Crippen LogP contribution in [0, 0.1) is 0 Å². The number of nitrogens with zero attached hydrogens (tertiary/aromatic N) is 1. The lowest BCUT2D eigenvalue weighted by atomic mass is 10.2. The summed E-state index contributed by atoms with van der Waals surface area (Å²) in [5, 5.41) is 7.34. The van der Waals surface area contributed by atoms with Crippen LogP contribution in [0.3, 0.4) is 0 Å². The van der Waals surface area contributed by atoms with Crippen LogP contribution in [-0.4, -0.2) is 16.8 Å². The summed E-state index contributed by atoms with van der Waals surface area (Å²) in [6.45, 7) is 1.88.